The first kappa shape index (κ1) is 13.2. The number of carbonyl (C=O) groups is 1. The number of nitro benzene ring substituents is 1. The van der Waals surface area contributed by atoms with Gasteiger partial charge in [-0.3, -0.25) is 19.1 Å². The van der Waals surface area contributed by atoms with E-state index >= 15 is 0 Å². The Morgan fingerprint density at radius 1 is 1.41 bits per heavy atom. The van der Waals surface area contributed by atoms with Crippen LogP contribution in [-0.2, 0) is 15.5 Å². The van der Waals surface area contributed by atoms with Crippen molar-refractivity contribution in [1.82, 2.24) is 5.32 Å². The van der Waals surface area contributed by atoms with Gasteiger partial charge >= 0.3 is 0 Å². The molecule has 17 heavy (non-hydrogen) atoms. The summed E-state index contributed by atoms with van der Waals surface area (Å²) in [4.78, 5) is 21.1. The maximum absolute atomic E-state index is 11.3. The fourth-order valence-corrected chi connectivity index (χ4v) is 1.13. The number of non-ortho nitro benzene ring substituents is 1. The van der Waals surface area contributed by atoms with Crippen molar-refractivity contribution in [3.05, 3.63) is 39.9 Å². The summed E-state index contributed by atoms with van der Waals surface area (Å²) in [5, 5.41) is 12.5. The van der Waals surface area contributed by atoms with Gasteiger partial charge in [-0.05, 0) is 12.1 Å². The van der Waals surface area contributed by atoms with Crippen LogP contribution in [0.3, 0.4) is 0 Å². The molecule has 0 aliphatic carbocycles. The van der Waals surface area contributed by atoms with Crippen molar-refractivity contribution in [1.29, 1.82) is 0 Å². The van der Waals surface area contributed by atoms with E-state index < -0.39 is 28.9 Å². The molecule has 1 atom stereocenters. The first-order valence-corrected chi connectivity index (χ1v) is 5.26. The normalized spacial score (nSPS) is 11.8. The molecule has 0 saturated carbocycles. The van der Waals surface area contributed by atoms with Gasteiger partial charge in [0.25, 0.3) is 11.6 Å². The lowest BCUT2D eigenvalue weighted by molar-refractivity contribution is -0.384. The van der Waals surface area contributed by atoms with E-state index in [1.165, 1.54) is 24.3 Å². The van der Waals surface area contributed by atoms with Crippen LogP contribution in [0, 0.1) is 10.1 Å². The maximum Gasteiger partial charge on any atom is 0.269 e. The summed E-state index contributed by atoms with van der Waals surface area (Å²) in [6.45, 7) is -0.494. The highest BCUT2D eigenvalue weighted by Crippen LogP contribution is 2.11. The van der Waals surface area contributed by atoms with Crippen molar-refractivity contribution in [3.8, 4) is 0 Å². The number of carbonyl (C=O) groups excluding carboxylic acids is 1. The van der Waals surface area contributed by atoms with E-state index in [1.807, 2.05) is 0 Å². The smallest absolute Gasteiger partial charge is 0.269 e. The van der Waals surface area contributed by atoms with E-state index in [1.54, 1.807) is 0 Å². The molecule has 0 radical (unpaired) electrons. The van der Waals surface area contributed by atoms with Gasteiger partial charge in [0.2, 0.25) is 0 Å². The molecular formula is C8H7N2O6S-. The fraction of sp³-hybridized carbons (Fsp3) is 0.125. The van der Waals surface area contributed by atoms with Crippen LogP contribution >= 0.6 is 0 Å². The van der Waals surface area contributed by atoms with Crippen molar-refractivity contribution in [2.24, 2.45) is 0 Å². The third kappa shape index (κ3) is 4.26. The maximum atomic E-state index is 11.3. The lowest BCUT2D eigenvalue weighted by Gasteiger charge is -2.07. The van der Waals surface area contributed by atoms with Crippen LogP contribution in [0.5, 0.6) is 0 Å². The summed E-state index contributed by atoms with van der Waals surface area (Å²) >= 11 is -2.70. The Morgan fingerprint density at radius 3 is 2.47 bits per heavy atom. The molecule has 0 heterocycles. The molecule has 1 aromatic rings. The number of nitro groups is 1. The van der Waals surface area contributed by atoms with Gasteiger partial charge in [-0.15, -0.1) is 0 Å². The van der Waals surface area contributed by atoms with Gasteiger partial charge in [-0.1, -0.05) is 0 Å². The second kappa shape index (κ2) is 6.03. The first-order valence-electron chi connectivity index (χ1n) is 4.26. The van der Waals surface area contributed by atoms with Gasteiger partial charge in [-0.2, -0.15) is 0 Å². The van der Waals surface area contributed by atoms with Crippen LogP contribution in [0.15, 0.2) is 24.3 Å². The van der Waals surface area contributed by atoms with Gasteiger partial charge in [0.1, 0.15) is 6.73 Å². The van der Waals surface area contributed by atoms with Crippen LogP contribution < -0.4 is 5.32 Å². The van der Waals surface area contributed by atoms with Gasteiger partial charge in [0.05, 0.1) is 16.3 Å². The second-order valence-electron chi connectivity index (χ2n) is 2.78. The van der Waals surface area contributed by atoms with E-state index in [2.05, 4.69) is 9.50 Å². The number of amides is 1. The molecule has 0 aliphatic rings. The van der Waals surface area contributed by atoms with Gasteiger partial charge in [0, 0.05) is 17.7 Å². The quantitative estimate of drug-likeness (QED) is 0.346. The SMILES string of the molecule is O=C(NCOS(=O)[O-])c1ccc([N+](=O)[O-])cc1. The second-order valence-corrected chi connectivity index (χ2v) is 3.42. The highest BCUT2D eigenvalue weighted by atomic mass is 32.2. The topological polar surface area (TPSA) is 122 Å². The Labute approximate surface area is 98.2 Å². The molecule has 0 fully saturated rings. The lowest BCUT2D eigenvalue weighted by atomic mass is 10.2. The predicted octanol–water partition coefficient (Wildman–Crippen LogP) is 0.0928. The Morgan fingerprint density at radius 2 is 2.00 bits per heavy atom. The number of nitrogens with zero attached hydrogens (tertiary/aromatic N) is 1. The third-order valence-corrected chi connectivity index (χ3v) is 2.04. The minimum Gasteiger partial charge on any atom is -0.750 e. The highest BCUT2D eigenvalue weighted by Gasteiger charge is 2.08. The van der Waals surface area contributed by atoms with Gasteiger partial charge in [0.15, 0.2) is 0 Å². The zero-order valence-electron chi connectivity index (χ0n) is 8.32. The summed E-state index contributed by atoms with van der Waals surface area (Å²) < 4.78 is 24.0. The van der Waals surface area contributed by atoms with Crippen molar-refractivity contribution >= 4 is 23.0 Å². The molecule has 9 heteroatoms. The van der Waals surface area contributed by atoms with Gasteiger partial charge in [-0.25, -0.2) is 4.21 Å². The average molecular weight is 259 g/mol. The zero-order valence-corrected chi connectivity index (χ0v) is 9.14. The molecule has 1 unspecified atom stereocenters. The van der Waals surface area contributed by atoms with Crippen LogP contribution in [0.2, 0.25) is 0 Å². The molecule has 0 spiro atoms. The van der Waals surface area contributed by atoms with E-state index in [-0.39, 0.29) is 11.3 Å². The molecule has 1 aromatic carbocycles. The zero-order chi connectivity index (χ0) is 12.8. The summed E-state index contributed by atoms with van der Waals surface area (Å²) in [5.41, 5.74) is 0.0225. The number of hydrogen-bond donors (Lipinski definition) is 1. The third-order valence-electron chi connectivity index (χ3n) is 1.73. The molecule has 1 rings (SSSR count). The van der Waals surface area contributed by atoms with E-state index in [9.17, 15) is 23.7 Å². The molecule has 0 bridgehead atoms. The Bertz CT molecular complexity index is 446. The fourth-order valence-electron chi connectivity index (χ4n) is 0.980. The van der Waals surface area contributed by atoms with Crippen LogP contribution in [0.4, 0.5) is 5.69 Å². The molecule has 0 aliphatic heterocycles. The van der Waals surface area contributed by atoms with E-state index in [0.717, 1.165) is 0 Å². The molecular weight excluding hydrogens is 252 g/mol. The van der Waals surface area contributed by atoms with Crippen molar-refractivity contribution < 1.29 is 22.7 Å². The average Bonchev–Trinajstić information content (AvgIpc) is 2.28. The first-order chi connectivity index (χ1) is 8.00. The minimum absolute atomic E-state index is 0.140. The van der Waals surface area contributed by atoms with Crippen molar-refractivity contribution in [2.75, 3.05) is 6.73 Å². The van der Waals surface area contributed by atoms with Crippen LogP contribution in [-0.4, -0.2) is 26.3 Å². The van der Waals surface area contributed by atoms with Crippen LogP contribution in [0.25, 0.3) is 0 Å². The summed E-state index contributed by atoms with van der Waals surface area (Å²) in [6.07, 6.45) is 0. The number of nitrogens with one attached hydrogen (secondary N) is 1. The Hall–Kier alpha value is -1.84. The van der Waals surface area contributed by atoms with Crippen molar-refractivity contribution in [2.45, 2.75) is 0 Å². The molecule has 0 aromatic heterocycles. The summed E-state index contributed by atoms with van der Waals surface area (Å²) in [7, 11) is 0. The van der Waals surface area contributed by atoms with E-state index in [0.29, 0.717) is 0 Å². The number of rotatable bonds is 5. The molecule has 1 amide bonds. The largest absolute Gasteiger partial charge is 0.750 e. The summed E-state index contributed by atoms with van der Waals surface area (Å²) in [5.74, 6) is -0.592. The Kier molecular flexibility index (Phi) is 4.69. The van der Waals surface area contributed by atoms with Gasteiger partial charge < -0.3 is 9.87 Å². The summed E-state index contributed by atoms with van der Waals surface area (Å²) in [6, 6.07) is 4.84. The Balaban J connectivity index is 2.57. The van der Waals surface area contributed by atoms with Crippen LogP contribution in [0.1, 0.15) is 10.4 Å². The number of benzene rings is 1. The molecule has 8 nitrogen and oxygen atoms in total. The predicted molar refractivity (Wildman–Crippen MR) is 55.4 cm³/mol. The van der Waals surface area contributed by atoms with E-state index in [4.69, 9.17) is 0 Å². The lowest BCUT2D eigenvalue weighted by Crippen LogP contribution is -2.26. The molecule has 92 valence electrons. The number of hydrogen-bond acceptors (Lipinski definition) is 6. The van der Waals surface area contributed by atoms with Crippen molar-refractivity contribution in [3.63, 3.8) is 0 Å². The molecule has 1 N–H and O–H groups in total. The highest BCUT2D eigenvalue weighted by molar-refractivity contribution is 7.74. The monoisotopic (exact) mass is 259 g/mol. The molecule has 0 saturated heterocycles. The minimum atomic E-state index is -2.70. The standard InChI is InChI=1S/C8H8N2O6S/c11-8(9-5-16-17(14)15)6-1-3-7(4-2-6)10(12)13/h1-4H,5H2,(H,9,11)(H,14,15)/p-1.